The van der Waals surface area contributed by atoms with E-state index in [1.54, 1.807) is 11.3 Å². The van der Waals surface area contributed by atoms with Gasteiger partial charge in [-0.1, -0.05) is 26.2 Å². The van der Waals surface area contributed by atoms with Gasteiger partial charge < -0.3 is 5.32 Å². The molecule has 90 valence electrons. The summed E-state index contributed by atoms with van der Waals surface area (Å²) in [6.45, 7) is 5.43. The van der Waals surface area contributed by atoms with Crippen LogP contribution in [-0.2, 0) is 6.54 Å². The van der Waals surface area contributed by atoms with Gasteiger partial charge in [-0.15, -0.1) is 11.3 Å². The first-order chi connectivity index (χ1) is 7.79. The number of aryl methyl sites for hydroxylation is 1. The Kier molecular flexibility index (Phi) is 4.36. The number of thiazole rings is 1. The van der Waals surface area contributed by atoms with Gasteiger partial charge in [0.2, 0.25) is 0 Å². The first kappa shape index (κ1) is 12.1. The van der Waals surface area contributed by atoms with Crippen LogP contribution in [0.3, 0.4) is 0 Å². The van der Waals surface area contributed by atoms with E-state index in [0.29, 0.717) is 0 Å². The standard InChI is InChI=1S/C13H22N2S/c1-3-11-5-4-6-12(7-11)14-8-13-10(2)15-9-16-13/h9,11-12,14H,3-8H2,1-2H3. The van der Waals surface area contributed by atoms with Crippen molar-refractivity contribution in [1.29, 1.82) is 0 Å². The van der Waals surface area contributed by atoms with E-state index in [4.69, 9.17) is 0 Å². The quantitative estimate of drug-likeness (QED) is 0.868. The zero-order valence-electron chi connectivity index (χ0n) is 10.3. The zero-order valence-corrected chi connectivity index (χ0v) is 11.1. The SMILES string of the molecule is CCC1CCCC(NCc2scnc2C)C1. The predicted molar refractivity (Wildman–Crippen MR) is 69.7 cm³/mol. The second-order valence-corrected chi connectivity index (χ2v) is 5.82. The Bertz CT molecular complexity index is 321. The molecule has 0 saturated heterocycles. The minimum atomic E-state index is 0.736. The molecule has 0 radical (unpaired) electrons. The molecule has 0 bridgehead atoms. The van der Waals surface area contributed by atoms with Crippen LogP contribution in [0, 0.1) is 12.8 Å². The molecule has 16 heavy (non-hydrogen) atoms. The van der Waals surface area contributed by atoms with Crippen LogP contribution in [0.1, 0.15) is 49.6 Å². The van der Waals surface area contributed by atoms with Crippen LogP contribution in [0.2, 0.25) is 0 Å². The highest BCUT2D eigenvalue weighted by Crippen LogP contribution is 2.26. The lowest BCUT2D eigenvalue weighted by Crippen LogP contribution is -2.33. The van der Waals surface area contributed by atoms with Gasteiger partial charge >= 0.3 is 0 Å². The third-order valence-electron chi connectivity index (χ3n) is 3.76. The third kappa shape index (κ3) is 3.05. The van der Waals surface area contributed by atoms with E-state index in [2.05, 4.69) is 24.1 Å². The fourth-order valence-electron chi connectivity index (χ4n) is 2.58. The summed E-state index contributed by atoms with van der Waals surface area (Å²) in [4.78, 5) is 5.69. The van der Waals surface area contributed by atoms with Crippen molar-refractivity contribution >= 4 is 11.3 Å². The molecule has 2 atom stereocenters. The second kappa shape index (κ2) is 5.78. The van der Waals surface area contributed by atoms with E-state index in [-0.39, 0.29) is 0 Å². The first-order valence-electron chi connectivity index (χ1n) is 6.42. The zero-order chi connectivity index (χ0) is 11.4. The van der Waals surface area contributed by atoms with Crippen molar-refractivity contribution in [3.8, 4) is 0 Å². The molecule has 1 aliphatic rings. The molecule has 2 nitrogen and oxygen atoms in total. The van der Waals surface area contributed by atoms with Crippen molar-refractivity contribution < 1.29 is 0 Å². The van der Waals surface area contributed by atoms with Gasteiger partial charge in [-0.3, -0.25) is 0 Å². The third-order valence-corrected chi connectivity index (χ3v) is 4.69. The van der Waals surface area contributed by atoms with Gasteiger partial charge in [-0.25, -0.2) is 4.98 Å². The van der Waals surface area contributed by atoms with Crippen LogP contribution in [-0.4, -0.2) is 11.0 Å². The normalized spacial score (nSPS) is 25.9. The van der Waals surface area contributed by atoms with Gasteiger partial charge in [0.05, 0.1) is 11.2 Å². The maximum Gasteiger partial charge on any atom is 0.0798 e. The van der Waals surface area contributed by atoms with Crippen molar-refractivity contribution in [2.45, 2.75) is 58.5 Å². The summed E-state index contributed by atoms with van der Waals surface area (Å²) < 4.78 is 0. The van der Waals surface area contributed by atoms with Crippen LogP contribution >= 0.6 is 11.3 Å². The van der Waals surface area contributed by atoms with Crippen molar-refractivity contribution in [2.75, 3.05) is 0 Å². The van der Waals surface area contributed by atoms with E-state index >= 15 is 0 Å². The number of nitrogens with zero attached hydrogens (tertiary/aromatic N) is 1. The molecule has 1 aliphatic carbocycles. The lowest BCUT2D eigenvalue weighted by molar-refractivity contribution is 0.278. The number of rotatable bonds is 4. The molecule has 0 aromatic carbocycles. The Morgan fingerprint density at radius 3 is 3.06 bits per heavy atom. The number of aromatic nitrogens is 1. The molecule has 1 heterocycles. The maximum absolute atomic E-state index is 4.29. The molecule has 2 unspecified atom stereocenters. The van der Waals surface area contributed by atoms with E-state index in [0.717, 1.165) is 18.5 Å². The van der Waals surface area contributed by atoms with Gasteiger partial charge in [-0.05, 0) is 25.7 Å². The van der Waals surface area contributed by atoms with Gasteiger partial charge in [0, 0.05) is 17.5 Å². The summed E-state index contributed by atoms with van der Waals surface area (Å²) >= 11 is 1.77. The van der Waals surface area contributed by atoms with Crippen LogP contribution in [0.4, 0.5) is 0 Å². The van der Waals surface area contributed by atoms with Crippen molar-refractivity contribution in [3.63, 3.8) is 0 Å². The fourth-order valence-corrected chi connectivity index (χ4v) is 3.31. The summed E-state index contributed by atoms with van der Waals surface area (Å²) in [5.74, 6) is 0.953. The molecule has 1 fully saturated rings. The summed E-state index contributed by atoms with van der Waals surface area (Å²) in [5.41, 5.74) is 3.14. The van der Waals surface area contributed by atoms with E-state index in [1.807, 2.05) is 5.51 Å². The van der Waals surface area contributed by atoms with Gasteiger partial charge in [0.25, 0.3) is 0 Å². The van der Waals surface area contributed by atoms with Gasteiger partial charge in [0.1, 0.15) is 0 Å². The number of hydrogen-bond acceptors (Lipinski definition) is 3. The molecule has 3 heteroatoms. The molecule has 1 aromatic heterocycles. The van der Waals surface area contributed by atoms with Crippen molar-refractivity contribution in [2.24, 2.45) is 5.92 Å². The topological polar surface area (TPSA) is 24.9 Å². The van der Waals surface area contributed by atoms with E-state index in [1.165, 1.54) is 42.7 Å². The summed E-state index contributed by atoms with van der Waals surface area (Å²) in [5, 5.41) is 3.70. The average molecular weight is 238 g/mol. The molecular weight excluding hydrogens is 216 g/mol. The van der Waals surface area contributed by atoms with Gasteiger partial charge in [-0.2, -0.15) is 0 Å². The first-order valence-corrected chi connectivity index (χ1v) is 7.30. The fraction of sp³-hybridized carbons (Fsp3) is 0.769. The monoisotopic (exact) mass is 238 g/mol. The Labute approximate surface area is 102 Å². The largest absolute Gasteiger partial charge is 0.309 e. The van der Waals surface area contributed by atoms with Crippen molar-refractivity contribution in [1.82, 2.24) is 10.3 Å². The van der Waals surface area contributed by atoms with E-state index < -0.39 is 0 Å². The average Bonchev–Trinajstić information content (AvgIpc) is 2.72. The molecule has 0 spiro atoms. The van der Waals surface area contributed by atoms with Crippen LogP contribution in [0.25, 0.3) is 0 Å². The molecule has 1 N–H and O–H groups in total. The molecule has 2 rings (SSSR count). The Morgan fingerprint density at radius 1 is 1.50 bits per heavy atom. The second-order valence-electron chi connectivity index (χ2n) is 4.88. The molecule has 1 saturated carbocycles. The Hall–Kier alpha value is -0.410. The lowest BCUT2D eigenvalue weighted by atomic mass is 9.84. The Balaban J connectivity index is 1.79. The van der Waals surface area contributed by atoms with Crippen molar-refractivity contribution in [3.05, 3.63) is 16.1 Å². The smallest absolute Gasteiger partial charge is 0.0798 e. The lowest BCUT2D eigenvalue weighted by Gasteiger charge is -2.29. The minimum absolute atomic E-state index is 0.736. The highest BCUT2D eigenvalue weighted by molar-refractivity contribution is 7.09. The summed E-state index contributed by atoms with van der Waals surface area (Å²) in [7, 11) is 0. The van der Waals surface area contributed by atoms with Crippen LogP contribution < -0.4 is 5.32 Å². The van der Waals surface area contributed by atoms with Gasteiger partial charge in [0.15, 0.2) is 0 Å². The maximum atomic E-state index is 4.29. The van der Waals surface area contributed by atoms with Crippen LogP contribution in [0.15, 0.2) is 5.51 Å². The predicted octanol–water partition coefficient (Wildman–Crippen LogP) is 3.51. The highest BCUT2D eigenvalue weighted by Gasteiger charge is 2.20. The molecule has 0 aliphatic heterocycles. The Morgan fingerprint density at radius 2 is 2.38 bits per heavy atom. The highest BCUT2D eigenvalue weighted by atomic mass is 32.1. The number of nitrogens with one attached hydrogen (secondary N) is 1. The van der Waals surface area contributed by atoms with E-state index in [9.17, 15) is 0 Å². The van der Waals surface area contributed by atoms with Crippen LogP contribution in [0.5, 0.6) is 0 Å². The summed E-state index contributed by atoms with van der Waals surface area (Å²) in [6, 6.07) is 0.736. The molecule has 1 aromatic rings. The number of hydrogen-bond donors (Lipinski definition) is 1. The minimum Gasteiger partial charge on any atom is -0.309 e. The molecule has 0 amide bonds. The summed E-state index contributed by atoms with van der Waals surface area (Å²) in [6.07, 6.45) is 6.91. The molecular formula is C13H22N2S.